The topological polar surface area (TPSA) is 141 Å². The number of nitro benzene ring substituents is 1. The number of hydrogen-bond donors (Lipinski definition) is 0. The molecule has 0 aliphatic carbocycles. The lowest BCUT2D eigenvalue weighted by Crippen LogP contribution is -2.46. The molecule has 33 heavy (non-hydrogen) atoms. The minimum absolute atomic E-state index is 0.0341. The highest BCUT2D eigenvalue weighted by Gasteiger charge is 2.44. The van der Waals surface area contributed by atoms with Gasteiger partial charge in [0.1, 0.15) is 22.5 Å². The molecular weight excluding hydrogens is 499 g/mol. The van der Waals surface area contributed by atoms with Crippen molar-refractivity contribution in [2.45, 2.75) is 19.1 Å². The van der Waals surface area contributed by atoms with Crippen LogP contribution < -0.4 is 0 Å². The third-order valence-corrected chi connectivity index (χ3v) is 6.53. The summed E-state index contributed by atoms with van der Waals surface area (Å²) in [6.45, 7) is -0.312. The van der Waals surface area contributed by atoms with Crippen LogP contribution in [0.15, 0.2) is 36.4 Å². The molecule has 0 saturated carbocycles. The first-order valence-electron chi connectivity index (χ1n) is 9.33. The van der Waals surface area contributed by atoms with Crippen LogP contribution in [0.1, 0.15) is 32.7 Å². The molecule has 0 bridgehead atoms. The number of nitrogens with zero attached hydrogens (tertiary/aromatic N) is 2. The number of halogens is 2. The fourth-order valence-corrected chi connectivity index (χ4v) is 4.16. The smallest absolute Gasteiger partial charge is 0.329 e. The summed E-state index contributed by atoms with van der Waals surface area (Å²) < 4.78 is 28.6. The van der Waals surface area contributed by atoms with Crippen LogP contribution in [0.4, 0.5) is 5.69 Å². The molecule has 174 valence electrons. The van der Waals surface area contributed by atoms with Crippen LogP contribution in [-0.4, -0.2) is 54.1 Å². The number of carbonyl (C=O) groups is 3. The zero-order chi connectivity index (χ0) is 24.5. The first-order valence-corrected chi connectivity index (χ1v) is 12.2. The van der Waals surface area contributed by atoms with E-state index in [9.17, 15) is 32.9 Å². The predicted molar refractivity (Wildman–Crippen MR) is 118 cm³/mol. The molecule has 0 N–H and O–H groups in total. The van der Waals surface area contributed by atoms with Crippen molar-refractivity contribution in [3.05, 3.63) is 73.2 Å². The molecule has 1 aliphatic rings. The van der Waals surface area contributed by atoms with Gasteiger partial charge in [0.05, 0.1) is 31.8 Å². The molecule has 2 aromatic rings. The van der Waals surface area contributed by atoms with E-state index in [0.717, 1.165) is 6.26 Å². The maximum Gasteiger partial charge on any atom is 0.329 e. The highest BCUT2D eigenvalue weighted by Crippen LogP contribution is 2.33. The summed E-state index contributed by atoms with van der Waals surface area (Å²) in [7, 11) is -3.54. The summed E-state index contributed by atoms with van der Waals surface area (Å²) in [6, 6.07) is 6.09. The van der Waals surface area contributed by atoms with Crippen molar-refractivity contribution in [1.82, 2.24) is 4.90 Å². The van der Waals surface area contributed by atoms with Crippen molar-refractivity contribution < 1.29 is 32.5 Å². The van der Waals surface area contributed by atoms with E-state index in [1.165, 1.54) is 36.4 Å². The number of nitro groups is 1. The van der Waals surface area contributed by atoms with E-state index in [0.29, 0.717) is 10.5 Å². The molecule has 1 heterocycles. The summed E-state index contributed by atoms with van der Waals surface area (Å²) >= 11 is 11.9. The fourth-order valence-electron chi connectivity index (χ4n) is 3.18. The van der Waals surface area contributed by atoms with Crippen molar-refractivity contribution >= 4 is 56.5 Å². The number of imide groups is 1. The Morgan fingerprint density at radius 3 is 2.06 bits per heavy atom. The van der Waals surface area contributed by atoms with Crippen LogP contribution in [-0.2, 0) is 26.0 Å². The van der Waals surface area contributed by atoms with E-state index >= 15 is 0 Å². The lowest BCUT2D eigenvalue weighted by atomic mass is 10.1. The number of amides is 2. The van der Waals surface area contributed by atoms with Crippen LogP contribution in [0, 0.1) is 10.1 Å². The lowest BCUT2D eigenvalue weighted by Gasteiger charge is -2.24. The van der Waals surface area contributed by atoms with Crippen molar-refractivity contribution in [3.8, 4) is 0 Å². The maximum absolute atomic E-state index is 12.9. The van der Waals surface area contributed by atoms with E-state index in [4.69, 9.17) is 27.9 Å². The molecule has 0 saturated heterocycles. The number of non-ortho nitro benzene ring substituents is 1. The molecule has 13 heteroatoms. The van der Waals surface area contributed by atoms with Gasteiger partial charge in [0, 0.05) is 18.4 Å². The summed E-state index contributed by atoms with van der Waals surface area (Å²) in [4.78, 5) is 49.4. The molecule has 0 radical (unpaired) electrons. The molecule has 0 fully saturated rings. The molecule has 0 spiro atoms. The van der Waals surface area contributed by atoms with Gasteiger partial charge in [-0.1, -0.05) is 23.2 Å². The standard InChI is InChI=1S/C20H16Cl2N2O8S/c1-33(30,31)7-6-17(20(27)32-10-11-2-4-12(5-3-11)24(28)29)23-18(25)13-8-15(21)16(22)9-14(13)19(23)26/h2-5,8-9,17H,6-7,10H2,1H3/t17-/m1/s1. The molecule has 10 nitrogen and oxygen atoms in total. The van der Waals surface area contributed by atoms with E-state index in [1.54, 1.807) is 0 Å². The van der Waals surface area contributed by atoms with Crippen LogP contribution in [0.3, 0.4) is 0 Å². The lowest BCUT2D eigenvalue weighted by molar-refractivity contribution is -0.384. The third kappa shape index (κ3) is 5.49. The number of rotatable bonds is 8. The molecule has 0 aromatic heterocycles. The molecule has 2 aromatic carbocycles. The average molecular weight is 515 g/mol. The van der Waals surface area contributed by atoms with E-state index in [1.807, 2.05) is 0 Å². The summed E-state index contributed by atoms with van der Waals surface area (Å²) in [5, 5.41) is 10.8. The minimum atomic E-state index is -3.54. The Morgan fingerprint density at radius 1 is 1.09 bits per heavy atom. The number of benzene rings is 2. The summed E-state index contributed by atoms with van der Waals surface area (Å²) in [5.41, 5.74) is 0.125. The zero-order valence-electron chi connectivity index (χ0n) is 17.0. The van der Waals surface area contributed by atoms with Gasteiger partial charge in [-0.3, -0.25) is 24.6 Å². The quantitative estimate of drug-likeness (QED) is 0.226. The first kappa shape index (κ1) is 24.6. The molecule has 0 unspecified atom stereocenters. The van der Waals surface area contributed by atoms with Gasteiger partial charge in [0.25, 0.3) is 17.5 Å². The van der Waals surface area contributed by atoms with Crippen molar-refractivity contribution in [3.63, 3.8) is 0 Å². The van der Waals surface area contributed by atoms with E-state index in [-0.39, 0.29) is 39.9 Å². The maximum atomic E-state index is 12.9. The second kappa shape index (κ2) is 9.46. The Kier molecular flexibility index (Phi) is 7.06. The summed E-state index contributed by atoms with van der Waals surface area (Å²) in [5.74, 6) is -3.17. The second-order valence-electron chi connectivity index (χ2n) is 7.26. The Bertz CT molecular complexity index is 1220. The number of ether oxygens (including phenoxy) is 1. The van der Waals surface area contributed by atoms with Crippen LogP contribution >= 0.6 is 23.2 Å². The van der Waals surface area contributed by atoms with Crippen LogP contribution in [0.25, 0.3) is 0 Å². The van der Waals surface area contributed by atoms with Gasteiger partial charge < -0.3 is 4.74 Å². The van der Waals surface area contributed by atoms with E-state index < -0.39 is 44.3 Å². The number of sulfone groups is 1. The predicted octanol–water partition coefficient (Wildman–Crippen LogP) is 3.04. The molecule has 1 atom stereocenters. The normalized spacial score (nSPS) is 14.2. The zero-order valence-corrected chi connectivity index (χ0v) is 19.3. The first-order chi connectivity index (χ1) is 15.4. The van der Waals surface area contributed by atoms with Crippen molar-refractivity contribution in [1.29, 1.82) is 0 Å². The molecule has 2 amide bonds. The number of hydrogen-bond acceptors (Lipinski definition) is 8. The Labute approximate surface area is 198 Å². The molecule has 1 aliphatic heterocycles. The number of fused-ring (bicyclic) bond motifs is 1. The van der Waals surface area contributed by atoms with Gasteiger partial charge in [-0.2, -0.15) is 0 Å². The van der Waals surface area contributed by atoms with Gasteiger partial charge in [0.2, 0.25) is 0 Å². The van der Waals surface area contributed by atoms with E-state index in [2.05, 4.69) is 0 Å². The number of carbonyl (C=O) groups excluding carboxylic acids is 3. The Balaban J connectivity index is 1.85. The molecule has 3 rings (SSSR count). The van der Waals surface area contributed by atoms with Gasteiger partial charge in [0.15, 0.2) is 0 Å². The highest BCUT2D eigenvalue weighted by molar-refractivity contribution is 7.90. The largest absolute Gasteiger partial charge is 0.459 e. The minimum Gasteiger partial charge on any atom is -0.459 e. The third-order valence-electron chi connectivity index (χ3n) is 4.83. The average Bonchev–Trinajstić information content (AvgIpc) is 2.97. The fraction of sp³-hybridized carbons (Fsp3) is 0.250. The van der Waals surface area contributed by atoms with Gasteiger partial charge in [-0.05, 0) is 36.2 Å². The van der Waals surface area contributed by atoms with Crippen molar-refractivity contribution in [2.75, 3.05) is 12.0 Å². The van der Waals surface area contributed by atoms with Gasteiger partial charge in [-0.25, -0.2) is 13.2 Å². The summed E-state index contributed by atoms with van der Waals surface area (Å²) in [6.07, 6.45) is 0.569. The van der Waals surface area contributed by atoms with Crippen LogP contribution in [0.5, 0.6) is 0 Å². The van der Waals surface area contributed by atoms with Crippen LogP contribution in [0.2, 0.25) is 10.0 Å². The highest BCUT2D eigenvalue weighted by atomic mass is 35.5. The Hall–Kier alpha value is -3.02. The van der Waals surface area contributed by atoms with Gasteiger partial charge >= 0.3 is 5.97 Å². The second-order valence-corrected chi connectivity index (χ2v) is 10.3. The number of esters is 1. The van der Waals surface area contributed by atoms with Crippen molar-refractivity contribution in [2.24, 2.45) is 0 Å². The van der Waals surface area contributed by atoms with Gasteiger partial charge in [-0.15, -0.1) is 0 Å². The monoisotopic (exact) mass is 514 g/mol. The Morgan fingerprint density at radius 2 is 1.61 bits per heavy atom. The SMILES string of the molecule is CS(=O)(=O)CC[C@H](C(=O)OCc1ccc([N+](=O)[O-])cc1)N1C(=O)c2cc(Cl)c(Cl)cc2C1=O. The molecular formula is C20H16Cl2N2O8S.